The van der Waals surface area contributed by atoms with Gasteiger partial charge in [0, 0.05) is 39.5 Å². The summed E-state index contributed by atoms with van der Waals surface area (Å²) in [5.41, 5.74) is 1.72. The van der Waals surface area contributed by atoms with Gasteiger partial charge >= 0.3 is 5.69 Å². The van der Waals surface area contributed by atoms with Gasteiger partial charge in [-0.05, 0) is 42.9 Å². The molecule has 0 aliphatic rings. The van der Waals surface area contributed by atoms with Crippen molar-refractivity contribution in [1.29, 1.82) is 0 Å². The molecule has 0 amide bonds. The first-order chi connectivity index (χ1) is 14.5. The van der Waals surface area contributed by atoms with Crippen LogP contribution in [0.3, 0.4) is 0 Å². The maximum atomic E-state index is 13.0. The fourth-order valence-corrected chi connectivity index (χ4v) is 3.24. The SMILES string of the molecule is C#Cc1c(NCc2cnc(NCCOC)c(C)c2)c(=O)n(CCC)c(=O)n1CCC. The first-order valence-electron chi connectivity index (χ1n) is 10.2. The summed E-state index contributed by atoms with van der Waals surface area (Å²) in [6.07, 6.45) is 8.85. The fourth-order valence-electron chi connectivity index (χ4n) is 3.24. The number of aromatic nitrogens is 3. The molecule has 2 aromatic rings. The summed E-state index contributed by atoms with van der Waals surface area (Å²) in [5.74, 6) is 3.33. The van der Waals surface area contributed by atoms with E-state index in [1.165, 1.54) is 9.13 Å². The van der Waals surface area contributed by atoms with E-state index in [0.717, 1.165) is 23.4 Å². The van der Waals surface area contributed by atoms with Gasteiger partial charge in [0.2, 0.25) is 0 Å². The number of hydrogen-bond acceptors (Lipinski definition) is 6. The topological polar surface area (TPSA) is 90.2 Å². The van der Waals surface area contributed by atoms with Gasteiger partial charge in [-0.2, -0.15) is 0 Å². The van der Waals surface area contributed by atoms with Crippen molar-refractivity contribution in [3.63, 3.8) is 0 Å². The number of terminal acetylenes is 1. The van der Waals surface area contributed by atoms with Gasteiger partial charge in [0.25, 0.3) is 5.56 Å². The molecule has 0 saturated heterocycles. The Kier molecular flexibility index (Phi) is 8.69. The van der Waals surface area contributed by atoms with E-state index < -0.39 is 0 Å². The van der Waals surface area contributed by atoms with Crippen molar-refractivity contribution < 1.29 is 4.74 Å². The summed E-state index contributed by atoms with van der Waals surface area (Å²) in [6.45, 7) is 8.30. The van der Waals surface area contributed by atoms with Crippen LogP contribution in [0.2, 0.25) is 0 Å². The normalized spacial score (nSPS) is 10.6. The fraction of sp³-hybridized carbons (Fsp3) is 0.500. The molecule has 0 saturated carbocycles. The Balaban J connectivity index is 2.34. The highest BCUT2D eigenvalue weighted by molar-refractivity contribution is 5.54. The summed E-state index contributed by atoms with van der Waals surface area (Å²) < 4.78 is 7.80. The Bertz CT molecular complexity index is 1020. The van der Waals surface area contributed by atoms with Crippen LogP contribution in [0, 0.1) is 19.3 Å². The Morgan fingerprint density at radius 1 is 1.17 bits per heavy atom. The van der Waals surface area contributed by atoms with Gasteiger partial charge in [-0.15, -0.1) is 6.42 Å². The third kappa shape index (κ3) is 5.30. The minimum Gasteiger partial charge on any atom is -0.383 e. The number of nitrogens with zero attached hydrogens (tertiary/aromatic N) is 3. The van der Waals surface area contributed by atoms with Crippen LogP contribution >= 0.6 is 0 Å². The molecule has 0 unspecified atom stereocenters. The second kappa shape index (κ2) is 11.2. The lowest BCUT2D eigenvalue weighted by Gasteiger charge is -2.17. The Morgan fingerprint density at radius 2 is 1.87 bits per heavy atom. The minimum absolute atomic E-state index is 0.277. The summed E-state index contributed by atoms with van der Waals surface area (Å²) >= 11 is 0. The molecule has 0 bridgehead atoms. The maximum Gasteiger partial charge on any atom is 0.332 e. The van der Waals surface area contributed by atoms with E-state index in [0.29, 0.717) is 44.9 Å². The lowest BCUT2D eigenvalue weighted by molar-refractivity contribution is 0.210. The minimum atomic E-state index is -0.385. The summed E-state index contributed by atoms with van der Waals surface area (Å²) in [7, 11) is 1.65. The quantitative estimate of drug-likeness (QED) is 0.434. The third-order valence-corrected chi connectivity index (χ3v) is 4.66. The van der Waals surface area contributed by atoms with Crippen LogP contribution in [0.1, 0.15) is 43.5 Å². The van der Waals surface area contributed by atoms with Crippen molar-refractivity contribution in [3.05, 3.63) is 49.9 Å². The number of aryl methyl sites for hydroxylation is 1. The van der Waals surface area contributed by atoms with Crippen LogP contribution in [-0.2, 0) is 24.4 Å². The molecule has 2 heterocycles. The van der Waals surface area contributed by atoms with E-state index in [2.05, 4.69) is 21.5 Å². The molecule has 0 aromatic carbocycles. The van der Waals surface area contributed by atoms with Crippen LogP contribution in [-0.4, -0.2) is 34.4 Å². The zero-order valence-electron chi connectivity index (χ0n) is 18.2. The van der Waals surface area contributed by atoms with E-state index in [-0.39, 0.29) is 16.9 Å². The molecule has 0 radical (unpaired) electrons. The average Bonchev–Trinajstić information content (AvgIpc) is 2.73. The zero-order valence-corrected chi connectivity index (χ0v) is 18.2. The highest BCUT2D eigenvalue weighted by Gasteiger charge is 2.17. The molecule has 30 heavy (non-hydrogen) atoms. The van der Waals surface area contributed by atoms with Crippen LogP contribution in [0.15, 0.2) is 21.9 Å². The van der Waals surface area contributed by atoms with Crippen LogP contribution in [0.25, 0.3) is 0 Å². The van der Waals surface area contributed by atoms with E-state index in [1.807, 2.05) is 26.8 Å². The molecule has 8 heteroatoms. The van der Waals surface area contributed by atoms with Crippen molar-refractivity contribution in [1.82, 2.24) is 14.1 Å². The highest BCUT2D eigenvalue weighted by Crippen LogP contribution is 2.15. The second-order valence-electron chi connectivity index (χ2n) is 7.04. The molecular formula is C22H31N5O3. The molecule has 2 N–H and O–H groups in total. The number of rotatable bonds is 11. The van der Waals surface area contributed by atoms with E-state index in [4.69, 9.17) is 11.2 Å². The number of ether oxygens (including phenoxy) is 1. The Hall–Kier alpha value is -3.05. The van der Waals surface area contributed by atoms with E-state index >= 15 is 0 Å². The molecule has 162 valence electrons. The monoisotopic (exact) mass is 413 g/mol. The molecule has 2 aromatic heterocycles. The molecular weight excluding hydrogens is 382 g/mol. The average molecular weight is 414 g/mol. The largest absolute Gasteiger partial charge is 0.383 e. The van der Waals surface area contributed by atoms with Gasteiger partial charge in [0.05, 0.1) is 6.61 Å². The predicted molar refractivity (Wildman–Crippen MR) is 120 cm³/mol. The molecule has 0 aliphatic heterocycles. The van der Waals surface area contributed by atoms with Gasteiger partial charge < -0.3 is 15.4 Å². The van der Waals surface area contributed by atoms with Gasteiger partial charge in [-0.3, -0.25) is 13.9 Å². The van der Waals surface area contributed by atoms with Crippen molar-refractivity contribution in [2.45, 2.75) is 53.2 Å². The van der Waals surface area contributed by atoms with Crippen molar-refractivity contribution in [2.24, 2.45) is 0 Å². The summed E-state index contributed by atoms with van der Waals surface area (Å²) in [6, 6.07) is 2.00. The van der Waals surface area contributed by atoms with Gasteiger partial charge in [0.15, 0.2) is 0 Å². The molecule has 0 spiro atoms. The zero-order chi connectivity index (χ0) is 22.1. The standard InChI is InChI=1S/C22H31N5O3/c1-6-10-26-18(8-3)19(21(28)27(11-7-2)22(26)29)24-14-17-13-16(4)20(25-15-17)23-9-12-30-5/h3,13,15,24H,6-7,9-12,14H2,1-2,4-5H3,(H,23,25). The summed E-state index contributed by atoms with van der Waals surface area (Å²) in [4.78, 5) is 30.2. The van der Waals surface area contributed by atoms with Gasteiger partial charge in [-0.1, -0.05) is 13.8 Å². The van der Waals surface area contributed by atoms with Crippen molar-refractivity contribution >= 4 is 11.5 Å². The Morgan fingerprint density at radius 3 is 2.47 bits per heavy atom. The molecule has 2 rings (SSSR count). The number of anilines is 2. The maximum absolute atomic E-state index is 13.0. The van der Waals surface area contributed by atoms with E-state index in [1.54, 1.807) is 13.3 Å². The van der Waals surface area contributed by atoms with Gasteiger partial charge in [-0.25, -0.2) is 9.78 Å². The molecule has 0 fully saturated rings. The van der Waals surface area contributed by atoms with Crippen molar-refractivity contribution in [3.8, 4) is 12.3 Å². The molecule has 0 aliphatic carbocycles. The molecule has 8 nitrogen and oxygen atoms in total. The van der Waals surface area contributed by atoms with Gasteiger partial charge in [0.1, 0.15) is 17.2 Å². The summed E-state index contributed by atoms with van der Waals surface area (Å²) in [5, 5.41) is 6.37. The highest BCUT2D eigenvalue weighted by atomic mass is 16.5. The van der Waals surface area contributed by atoms with Crippen LogP contribution in [0.4, 0.5) is 11.5 Å². The Labute approximate surface area is 177 Å². The number of hydrogen-bond donors (Lipinski definition) is 2. The lowest BCUT2D eigenvalue weighted by atomic mass is 10.2. The predicted octanol–water partition coefficient (Wildman–Crippen LogP) is 2.19. The molecule has 0 atom stereocenters. The first kappa shape index (κ1) is 23.2. The number of methoxy groups -OCH3 is 1. The lowest BCUT2D eigenvalue weighted by Crippen LogP contribution is -2.42. The third-order valence-electron chi connectivity index (χ3n) is 4.66. The first-order valence-corrected chi connectivity index (χ1v) is 10.2. The number of nitrogens with one attached hydrogen (secondary N) is 2. The number of pyridine rings is 1. The van der Waals surface area contributed by atoms with Crippen LogP contribution in [0.5, 0.6) is 0 Å². The van der Waals surface area contributed by atoms with E-state index in [9.17, 15) is 9.59 Å². The van der Waals surface area contributed by atoms with Crippen molar-refractivity contribution in [2.75, 3.05) is 30.9 Å². The second-order valence-corrected chi connectivity index (χ2v) is 7.04. The van der Waals surface area contributed by atoms with Crippen LogP contribution < -0.4 is 21.9 Å². The smallest absolute Gasteiger partial charge is 0.332 e.